The van der Waals surface area contributed by atoms with Gasteiger partial charge in [-0.1, -0.05) is 0 Å². The predicted molar refractivity (Wildman–Crippen MR) is 52.4 cm³/mol. The zero-order valence-corrected chi connectivity index (χ0v) is 8.42. The highest BCUT2D eigenvalue weighted by molar-refractivity contribution is 5.79. The summed E-state index contributed by atoms with van der Waals surface area (Å²) in [5.74, 6) is 0.858. The molecule has 2 rings (SSSR count). The van der Waals surface area contributed by atoms with Gasteiger partial charge in [-0.25, -0.2) is 5.48 Å². The molecule has 0 aromatic carbocycles. The Kier molecular flexibility index (Phi) is 3.37. The van der Waals surface area contributed by atoms with Crippen LogP contribution in [0.3, 0.4) is 0 Å². The number of amides is 1. The van der Waals surface area contributed by atoms with Crippen LogP contribution < -0.4 is 10.8 Å². The molecule has 1 aliphatic heterocycles. The number of carbonyl (C=O) groups excluding carboxylic acids is 1. The van der Waals surface area contributed by atoms with Crippen LogP contribution in [0.2, 0.25) is 0 Å². The van der Waals surface area contributed by atoms with Crippen molar-refractivity contribution in [1.82, 2.24) is 10.8 Å². The fourth-order valence-electron chi connectivity index (χ4n) is 1.73. The molecule has 1 heterocycles. The summed E-state index contributed by atoms with van der Waals surface area (Å²) in [4.78, 5) is 16.4. The summed E-state index contributed by atoms with van der Waals surface area (Å²) in [5.41, 5.74) is 2.53. The van der Waals surface area contributed by atoms with Crippen LogP contribution in [0.4, 0.5) is 0 Å². The Morgan fingerprint density at radius 1 is 1.43 bits per heavy atom. The first-order valence-corrected chi connectivity index (χ1v) is 5.48. The summed E-state index contributed by atoms with van der Waals surface area (Å²) in [6, 6.07) is 0. The zero-order valence-electron chi connectivity index (χ0n) is 8.42. The highest BCUT2D eigenvalue weighted by atomic mass is 16.7. The Bertz CT molecular complexity index is 198. The van der Waals surface area contributed by atoms with Gasteiger partial charge in [-0.15, -0.1) is 0 Å². The molecule has 14 heavy (non-hydrogen) atoms. The van der Waals surface area contributed by atoms with Crippen molar-refractivity contribution in [2.75, 3.05) is 19.7 Å². The number of rotatable bonds is 4. The molecule has 0 bridgehead atoms. The summed E-state index contributed by atoms with van der Waals surface area (Å²) < 4.78 is 0. The average molecular weight is 198 g/mol. The monoisotopic (exact) mass is 198 g/mol. The molecule has 1 atom stereocenters. The number of hydrogen-bond donors (Lipinski definition) is 2. The third-order valence-electron chi connectivity index (χ3n) is 2.84. The number of carbonyl (C=O) groups is 1. The standard InChI is InChI=1S/C10H18N2O2/c13-10(9-3-4-9)12-14-7-8-2-1-5-11-6-8/h8-9,11H,1-7H2,(H,12,13). The first-order valence-electron chi connectivity index (χ1n) is 5.48. The molecule has 1 saturated heterocycles. The first kappa shape index (κ1) is 9.93. The van der Waals surface area contributed by atoms with Crippen LogP contribution in [-0.2, 0) is 9.63 Å². The summed E-state index contributed by atoms with van der Waals surface area (Å²) >= 11 is 0. The minimum atomic E-state index is 0.0637. The van der Waals surface area contributed by atoms with Crippen molar-refractivity contribution in [2.45, 2.75) is 25.7 Å². The molecule has 2 fully saturated rings. The Balaban J connectivity index is 1.54. The average Bonchev–Trinajstić information content (AvgIpc) is 3.02. The second kappa shape index (κ2) is 4.75. The van der Waals surface area contributed by atoms with E-state index >= 15 is 0 Å². The van der Waals surface area contributed by atoms with Crippen molar-refractivity contribution in [3.05, 3.63) is 0 Å². The Morgan fingerprint density at radius 2 is 2.29 bits per heavy atom. The molecule has 0 aromatic rings. The molecule has 0 spiro atoms. The fourth-order valence-corrected chi connectivity index (χ4v) is 1.73. The maximum absolute atomic E-state index is 11.2. The van der Waals surface area contributed by atoms with Gasteiger partial charge < -0.3 is 5.32 Å². The maximum Gasteiger partial charge on any atom is 0.246 e. The van der Waals surface area contributed by atoms with Gasteiger partial charge in [0.05, 0.1) is 6.61 Å². The molecule has 4 nitrogen and oxygen atoms in total. The van der Waals surface area contributed by atoms with Gasteiger partial charge in [-0.3, -0.25) is 9.63 Å². The molecule has 80 valence electrons. The zero-order chi connectivity index (χ0) is 9.80. The van der Waals surface area contributed by atoms with E-state index in [-0.39, 0.29) is 11.8 Å². The van der Waals surface area contributed by atoms with Gasteiger partial charge in [0.1, 0.15) is 0 Å². The number of hydroxylamine groups is 1. The summed E-state index contributed by atoms with van der Waals surface area (Å²) in [7, 11) is 0. The third-order valence-corrected chi connectivity index (χ3v) is 2.84. The second-order valence-electron chi connectivity index (χ2n) is 4.26. The summed E-state index contributed by atoms with van der Waals surface area (Å²) in [6.45, 7) is 2.77. The van der Waals surface area contributed by atoms with E-state index in [2.05, 4.69) is 10.8 Å². The van der Waals surface area contributed by atoms with E-state index in [0.717, 1.165) is 25.9 Å². The number of hydrogen-bond acceptors (Lipinski definition) is 3. The van der Waals surface area contributed by atoms with E-state index in [4.69, 9.17) is 4.84 Å². The lowest BCUT2D eigenvalue weighted by atomic mass is 10.0. The van der Waals surface area contributed by atoms with Crippen LogP contribution in [0.1, 0.15) is 25.7 Å². The van der Waals surface area contributed by atoms with Crippen LogP contribution in [-0.4, -0.2) is 25.6 Å². The number of nitrogens with one attached hydrogen (secondary N) is 2. The summed E-state index contributed by atoms with van der Waals surface area (Å²) in [6.07, 6.45) is 4.47. The first-order chi connectivity index (χ1) is 6.86. The Labute approximate surface area is 84.3 Å². The van der Waals surface area contributed by atoms with Gasteiger partial charge in [-0.05, 0) is 38.1 Å². The van der Waals surface area contributed by atoms with Crippen LogP contribution in [0.25, 0.3) is 0 Å². The molecule has 4 heteroatoms. The van der Waals surface area contributed by atoms with Gasteiger partial charge >= 0.3 is 0 Å². The van der Waals surface area contributed by atoms with E-state index in [9.17, 15) is 4.79 Å². The maximum atomic E-state index is 11.2. The molecule has 2 N–H and O–H groups in total. The SMILES string of the molecule is O=C(NOCC1CCCNC1)C1CC1. The molecule has 0 aromatic heterocycles. The predicted octanol–water partition coefficient (Wildman–Crippen LogP) is 0.444. The van der Waals surface area contributed by atoms with Crippen LogP contribution in [0.5, 0.6) is 0 Å². The van der Waals surface area contributed by atoms with E-state index in [0.29, 0.717) is 12.5 Å². The van der Waals surface area contributed by atoms with Gasteiger partial charge in [0, 0.05) is 12.5 Å². The van der Waals surface area contributed by atoms with Crippen molar-refractivity contribution in [3.8, 4) is 0 Å². The van der Waals surface area contributed by atoms with Gasteiger partial charge in [-0.2, -0.15) is 0 Å². The largest absolute Gasteiger partial charge is 0.316 e. The van der Waals surface area contributed by atoms with Crippen molar-refractivity contribution in [2.24, 2.45) is 11.8 Å². The lowest BCUT2D eigenvalue weighted by molar-refractivity contribution is -0.136. The molecule has 0 radical (unpaired) electrons. The lowest BCUT2D eigenvalue weighted by Gasteiger charge is -2.22. The van der Waals surface area contributed by atoms with E-state index < -0.39 is 0 Å². The lowest BCUT2D eigenvalue weighted by Crippen LogP contribution is -2.35. The van der Waals surface area contributed by atoms with Gasteiger partial charge in [0.15, 0.2) is 0 Å². The van der Waals surface area contributed by atoms with Crippen LogP contribution in [0, 0.1) is 11.8 Å². The minimum absolute atomic E-state index is 0.0637. The topological polar surface area (TPSA) is 50.4 Å². The van der Waals surface area contributed by atoms with Crippen LogP contribution >= 0.6 is 0 Å². The van der Waals surface area contributed by atoms with Crippen molar-refractivity contribution in [3.63, 3.8) is 0 Å². The molecule has 2 aliphatic rings. The van der Waals surface area contributed by atoms with Crippen molar-refractivity contribution >= 4 is 5.91 Å². The second-order valence-corrected chi connectivity index (χ2v) is 4.26. The molecule has 1 amide bonds. The quantitative estimate of drug-likeness (QED) is 0.645. The Hall–Kier alpha value is -0.610. The molecule has 1 saturated carbocycles. The molecular weight excluding hydrogens is 180 g/mol. The van der Waals surface area contributed by atoms with Crippen molar-refractivity contribution in [1.29, 1.82) is 0 Å². The van der Waals surface area contributed by atoms with E-state index in [1.54, 1.807) is 0 Å². The highest BCUT2D eigenvalue weighted by Gasteiger charge is 2.29. The van der Waals surface area contributed by atoms with Crippen molar-refractivity contribution < 1.29 is 9.63 Å². The third kappa shape index (κ3) is 2.96. The molecule has 1 unspecified atom stereocenters. The molecule has 1 aliphatic carbocycles. The van der Waals surface area contributed by atoms with Gasteiger partial charge in [0.25, 0.3) is 0 Å². The fraction of sp³-hybridized carbons (Fsp3) is 0.900. The normalized spacial score (nSPS) is 27.3. The minimum Gasteiger partial charge on any atom is -0.316 e. The van der Waals surface area contributed by atoms with Crippen LogP contribution in [0.15, 0.2) is 0 Å². The smallest absolute Gasteiger partial charge is 0.246 e. The Morgan fingerprint density at radius 3 is 2.93 bits per heavy atom. The van der Waals surface area contributed by atoms with Gasteiger partial charge in [0.2, 0.25) is 5.91 Å². The van der Waals surface area contributed by atoms with E-state index in [1.165, 1.54) is 12.8 Å². The van der Waals surface area contributed by atoms with E-state index in [1.807, 2.05) is 0 Å². The molecular formula is C10H18N2O2. The number of piperidine rings is 1. The highest BCUT2D eigenvalue weighted by Crippen LogP contribution is 2.28. The summed E-state index contributed by atoms with van der Waals surface area (Å²) in [5, 5.41) is 3.32.